The molecule has 14 heavy (non-hydrogen) atoms. The second-order valence-electron chi connectivity index (χ2n) is 4.31. The van der Waals surface area contributed by atoms with Gasteiger partial charge >= 0.3 is 0 Å². The lowest BCUT2D eigenvalue weighted by atomic mass is 9.92. The maximum Gasteiger partial charge on any atom is 0.130 e. The molecule has 2 heteroatoms. The van der Waals surface area contributed by atoms with Crippen LogP contribution in [0.5, 0.6) is 0 Å². The van der Waals surface area contributed by atoms with E-state index in [-0.39, 0.29) is 6.04 Å². The predicted octanol–water partition coefficient (Wildman–Crippen LogP) is 2.78. The number of alkyl halides is 1. The number of nitrogens with two attached hydrogens (primary N) is 1. The Balaban J connectivity index is 3.04. The fourth-order valence-corrected chi connectivity index (χ4v) is 1.63. The summed E-state index contributed by atoms with van der Waals surface area (Å²) in [6, 6.07) is 7.63. The molecule has 0 spiro atoms. The average Bonchev–Trinajstić information content (AvgIpc) is 2.01. The molecule has 1 rings (SSSR count). The van der Waals surface area contributed by atoms with Crippen LogP contribution in [-0.2, 0) is 12.1 Å². The van der Waals surface area contributed by atoms with Crippen molar-refractivity contribution in [1.29, 1.82) is 0 Å². The van der Waals surface area contributed by atoms with Gasteiger partial charge in [0.05, 0.1) is 0 Å². The van der Waals surface area contributed by atoms with E-state index in [0.29, 0.717) is 0 Å². The van der Waals surface area contributed by atoms with E-state index in [0.717, 1.165) is 17.5 Å². The summed E-state index contributed by atoms with van der Waals surface area (Å²) in [6.45, 7) is 5.09. The van der Waals surface area contributed by atoms with E-state index in [1.165, 1.54) is 0 Å². The summed E-state index contributed by atoms with van der Waals surface area (Å²) in [6.07, 6.45) is 0.726. The molecule has 0 aliphatic rings. The van der Waals surface area contributed by atoms with E-state index in [4.69, 9.17) is 5.73 Å². The summed E-state index contributed by atoms with van der Waals surface area (Å²) in [5.74, 6) is 0. The first-order valence-corrected chi connectivity index (χ1v) is 4.94. The summed E-state index contributed by atoms with van der Waals surface area (Å²) < 4.78 is 13.8. The lowest BCUT2D eigenvalue weighted by molar-refractivity contribution is 0.219. The molecule has 1 unspecified atom stereocenters. The van der Waals surface area contributed by atoms with Gasteiger partial charge in [-0.3, -0.25) is 0 Å². The Kier molecular flexibility index (Phi) is 3.27. The molecule has 0 fully saturated rings. The van der Waals surface area contributed by atoms with Crippen molar-refractivity contribution >= 4 is 0 Å². The van der Waals surface area contributed by atoms with Gasteiger partial charge in [0.1, 0.15) is 5.67 Å². The van der Waals surface area contributed by atoms with Crippen molar-refractivity contribution in [3.63, 3.8) is 0 Å². The van der Waals surface area contributed by atoms with Crippen molar-refractivity contribution in [3.8, 4) is 0 Å². The van der Waals surface area contributed by atoms with Gasteiger partial charge in [0.2, 0.25) is 0 Å². The molecule has 0 saturated carbocycles. The summed E-state index contributed by atoms with van der Waals surface area (Å²) in [7, 11) is 0. The molecule has 0 bridgehead atoms. The van der Waals surface area contributed by atoms with Crippen LogP contribution in [0.4, 0.5) is 4.39 Å². The molecule has 0 aromatic heterocycles. The van der Waals surface area contributed by atoms with Crippen molar-refractivity contribution in [1.82, 2.24) is 0 Å². The van der Waals surface area contributed by atoms with Gasteiger partial charge in [-0.05, 0) is 38.3 Å². The van der Waals surface area contributed by atoms with Crippen molar-refractivity contribution < 1.29 is 4.39 Å². The minimum atomic E-state index is -1.29. The molecule has 0 aliphatic heterocycles. The van der Waals surface area contributed by atoms with E-state index < -0.39 is 5.67 Å². The Morgan fingerprint density at radius 2 is 1.93 bits per heavy atom. The van der Waals surface area contributed by atoms with E-state index >= 15 is 0 Å². The van der Waals surface area contributed by atoms with Gasteiger partial charge in [-0.15, -0.1) is 0 Å². The van der Waals surface area contributed by atoms with Crippen LogP contribution in [-0.4, -0.2) is 6.04 Å². The number of hydrogen-bond acceptors (Lipinski definition) is 1. The summed E-state index contributed by atoms with van der Waals surface area (Å²) >= 11 is 0. The minimum Gasteiger partial charge on any atom is -0.328 e. The molecule has 2 N–H and O–H groups in total. The van der Waals surface area contributed by atoms with Gasteiger partial charge < -0.3 is 5.73 Å². The van der Waals surface area contributed by atoms with Crippen LogP contribution in [0.2, 0.25) is 0 Å². The molecule has 0 heterocycles. The SMILES string of the molecule is CC(N)Cc1ccccc1C(C)(C)F. The second kappa shape index (κ2) is 4.09. The first kappa shape index (κ1) is 11.2. The molecule has 78 valence electrons. The van der Waals surface area contributed by atoms with Gasteiger partial charge in [-0.1, -0.05) is 24.3 Å². The van der Waals surface area contributed by atoms with Crippen LogP contribution in [0.3, 0.4) is 0 Å². The standard InChI is InChI=1S/C12H18FN/c1-9(14)8-10-6-4-5-7-11(10)12(2,3)13/h4-7,9H,8,14H2,1-3H3. The third kappa shape index (κ3) is 2.81. The summed E-state index contributed by atoms with van der Waals surface area (Å²) in [5, 5.41) is 0. The summed E-state index contributed by atoms with van der Waals surface area (Å²) in [4.78, 5) is 0. The molecule has 1 aromatic carbocycles. The zero-order valence-corrected chi connectivity index (χ0v) is 9.05. The third-order valence-corrected chi connectivity index (χ3v) is 2.20. The molecule has 1 atom stereocenters. The molecule has 0 saturated heterocycles. The Labute approximate surface area is 85.1 Å². The largest absolute Gasteiger partial charge is 0.328 e. The molecule has 1 nitrogen and oxygen atoms in total. The number of hydrogen-bond donors (Lipinski definition) is 1. The van der Waals surface area contributed by atoms with Gasteiger partial charge in [-0.2, -0.15) is 0 Å². The molecule has 0 aliphatic carbocycles. The lowest BCUT2D eigenvalue weighted by Gasteiger charge is -2.19. The monoisotopic (exact) mass is 195 g/mol. The van der Waals surface area contributed by atoms with Gasteiger partial charge in [0.25, 0.3) is 0 Å². The quantitative estimate of drug-likeness (QED) is 0.788. The van der Waals surface area contributed by atoms with Crippen LogP contribution >= 0.6 is 0 Å². The smallest absolute Gasteiger partial charge is 0.130 e. The van der Waals surface area contributed by atoms with Crippen molar-refractivity contribution in [2.75, 3.05) is 0 Å². The van der Waals surface area contributed by atoms with E-state index in [1.807, 2.05) is 31.2 Å². The van der Waals surface area contributed by atoms with Crippen molar-refractivity contribution in [3.05, 3.63) is 35.4 Å². The highest BCUT2D eigenvalue weighted by molar-refractivity contribution is 5.32. The predicted molar refractivity (Wildman–Crippen MR) is 57.9 cm³/mol. The molecular weight excluding hydrogens is 177 g/mol. The zero-order valence-electron chi connectivity index (χ0n) is 9.05. The van der Waals surface area contributed by atoms with Crippen molar-refractivity contribution in [2.24, 2.45) is 5.73 Å². The first-order chi connectivity index (χ1) is 6.41. The highest BCUT2D eigenvalue weighted by atomic mass is 19.1. The highest BCUT2D eigenvalue weighted by Crippen LogP contribution is 2.28. The van der Waals surface area contributed by atoms with E-state index in [9.17, 15) is 4.39 Å². The molecule has 0 amide bonds. The van der Waals surface area contributed by atoms with Crippen LogP contribution < -0.4 is 5.73 Å². The molecule has 1 aromatic rings. The maximum absolute atomic E-state index is 13.8. The second-order valence-corrected chi connectivity index (χ2v) is 4.31. The third-order valence-electron chi connectivity index (χ3n) is 2.20. The molecule has 0 radical (unpaired) electrons. The minimum absolute atomic E-state index is 0.0681. The Morgan fingerprint density at radius 3 is 2.43 bits per heavy atom. The van der Waals surface area contributed by atoms with Gasteiger partial charge in [0.15, 0.2) is 0 Å². The normalized spacial score (nSPS) is 14.1. The average molecular weight is 195 g/mol. The lowest BCUT2D eigenvalue weighted by Crippen LogP contribution is -2.21. The van der Waals surface area contributed by atoms with Crippen molar-refractivity contribution in [2.45, 2.75) is 38.9 Å². The van der Waals surface area contributed by atoms with E-state index in [1.54, 1.807) is 13.8 Å². The fraction of sp³-hybridized carbons (Fsp3) is 0.500. The Bertz CT molecular complexity index is 299. The number of benzene rings is 1. The summed E-state index contributed by atoms with van der Waals surface area (Å²) in [5.41, 5.74) is 6.18. The van der Waals surface area contributed by atoms with Gasteiger partial charge in [0, 0.05) is 6.04 Å². The van der Waals surface area contributed by atoms with Crippen LogP contribution in [0.15, 0.2) is 24.3 Å². The Morgan fingerprint density at radius 1 is 1.36 bits per heavy atom. The zero-order chi connectivity index (χ0) is 10.8. The fourth-order valence-electron chi connectivity index (χ4n) is 1.63. The van der Waals surface area contributed by atoms with E-state index in [2.05, 4.69) is 0 Å². The van der Waals surface area contributed by atoms with Crippen LogP contribution in [0.25, 0.3) is 0 Å². The first-order valence-electron chi connectivity index (χ1n) is 4.94. The molecular formula is C12H18FN. The highest BCUT2D eigenvalue weighted by Gasteiger charge is 2.21. The van der Waals surface area contributed by atoms with Crippen LogP contribution in [0.1, 0.15) is 31.9 Å². The maximum atomic E-state index is 13.8. The number of rotatable bonds is 3. The van der Waals surface area contributed by atoms with Gasteiger partial charge in [-0.25, -0.2) is 4.39 Å². The topological polar surface area (TPSA) is 26.0 Å². The Hall–Kier alpha value is -0.890. The van der Waals surface area contributed by atoms with Crippen LogP contribution in [0, 0.1) is 0 Å². The number of halogens is 1.